The van der Waals surface area contributed by atoms with Gasteiger partial charge in [-0.1, -0.05) is 42.8 Å². The predicted octanol–water partition coefficient (Wildman–Crippen LogP) is 2.72. The zero-order valence-corrected chi connectivity index (χ0v) is 19.3. The van der Waals surface area contributed by atoms with Crippen molar-refractivity contribution in [2.75, 3.05) is 6.61 Å². The van der Waals surface area contributed by atoms with E-state index in [1.54, 1.807) is 6.07 Å². The van der Waals surface area contributed by atoms with Crippen LogP contribution in [0.3, 0.4) is 0 Å². The van der Waals surface area contributed by atoms with Gasteiger partial charge in [-0.2, -0.15) is 0 Å². The second kappa shape index (κ2) is 8.60. The molecule has 2 aliphatic heterocycles. The van der Waals surface area contributed by atoms with Crippen LogP contribution in [0.25, 0.3) is 0 Å². The number of rotatable bonds is 4. The number of aryl methyl sites for hydroxylation is 1. The average Bonchev–Trinajstić information content (AvgIpc) is 2.75. The number of hydrogen-bond acceptors (Lipinski definition) is 6. The fourth-order valence-electron chi connectivity index (χ4n) is 4.93. The van der Waals surface area contributed by atoms with Crippen molar-refractivity contribution in [3.8, 4) is 5.75 Å². The van der Waals surface area contributed by atoms with Gasteiger partial charge in [0, 0.05) is 17.0 Å². The van der Waals surface area contributed by atoms with Crippen LogP contribution < -0.4 is 4.74 Å². The number of aliphatic hydroxyl groups excluding tert-OH is 4. The van der Waals surface area contributed by atoms with Gasteiger partial charge in [-0.15, -0.1) is 0 Å². The summed E-state index contributed by atoms with van der Waals surface area (Å²) in [6.07, 6.45) is -3.59. The van der Waals surface area contributed by atoms with Crippen molar-refractivity contribution < 1.29 is 29.9 Å². The Morgan fingerprint density at radius 3 is 2.31 bits per heavy atom. The Balaban J connectivity index is 1.80. The maximum Gasteiger partial charge on any atom is 0.129 e. The molecule has 1 spiro atoms. The molecule has 0 aromatic heterocycles. The van der Waals surface area contributed by atoms with Crippen LogP contribution >= 0.6 is 11.6 Å². The Bertz CT molecular complexity index is 973. The van der Waals surface area contributed by atoms with Gasteiger partial charge in [0.1, 0.15) is 41.4 Å². The lowest BCUT2D eigenvalue weighted by atomic mass is 9.71. The highest BCUT2D eigenvalue weighted by Gasteiger charge is 2.59. The molecule has 2 aliphatic rings. The molecular formula is C25H31ClO6. The Morgan fingerprint density at radius 2 is 1.69 bits per heavy atom. The first kappa shape index (κ1) is 23.5. The Labute approximate surface area is 193 Å². The van der Waals surface area contributed by atoms with E-state index in [9.17, 15) is 20.4 Å². The fourth-order valence-corrected chi connectivity index (χ4v) is 5.15. The van der Waals surface area contributed by atoms with Crippen LogP contribution in [0.4, 0.5) is 0 Å². The summed E-state index contributed by atoms with van der Waals surface area (Å²) in [7, 11) is 0. The summed E-state index contributed by atoms with van der Waals surface area (Å²) in [5.74, 6) is 0.454. The monoisotopic (exact) mass is 462 g/mol. The molecule has 0 aliphatic carbocycles. The van der Waals surface area contributed by atoms with Crippen molar-refractivity contribution in [3.05, 3.63) is 63.7 Å². The molecular weight excluding hydrogens is 432 g/mol. The zero-order valence-electron chi connectivity index (χ0n) is 18.6. The Morgan fingerprint density at radius 1 is 1.03 bits per heavy atom. The number of halogens is 1. The van der Waals surface area contributed by atoms with E-state index in [0.717, 1.165) is 17.5 Å². The van der Waals surface area contributed by atoms with Crippen LogP contribution in [-0.2, 0) is 23.2 Å². The molecule has 1 fully saturated rings. The number of fused-ring (bicyclic) bond motifs is 2. The maximum atomic E-state index is 11.1. The van der Waals surface area contributed by atoms with Crippen molar-refractivity contribution in [1.82, 2.24) is 0 Å². The lowest BCUT2D eigenvalue weighted by Gasteiger charge is -2.54. The van der Waals surface area contributed by atoms with Gasteiger partial charge in [0.2, 0.25) is 0 Å². The van der Waals surface area contributed by atoms with Crippen LogP contribution in [0.5, 0.6) is 5.75 Å². The van der Waals surface area contributed by atoms with Gasteiger partial charge in [-0.3, -0.25) is 0 Å². The van der Waals surface area contributed by atoms with Crippen molar-refractivity contribution in [3.63, 3.8) is 0 Å². The van der Waals surface area contributed by atoms with E-state index >= 15 is 0 Å². The molecule has 2 heterocycles. The molecule has 7 heteroatoms. The van der Waals surface area contributed by atoms with E-state index in [2.05, 4.69) is 31.2 Å². The molecule has 4 rings (SSSR count). The predicted molar refractivity (Wildman–Crippen MR) is 121 cm³/mol. The van der Waals surface area contributed by atoms with Gasteiger partial charge in [0.25, 0.3) is 0 Å². The summed E-state index contributed by atoms with van der Waals surface area (Å²) in [6, 6.07) is 11.9. The average molecular weight is 463 g/mol. The second-order valence-corrected chi connectivity index (χ2v) is 9.89. The minimum absolute atomic E-state index is 0.223. The van der Waals surface area contributed by atoms with Crippen LogP contribution in [0, 0.1) is 0 Å². The molecule has 2 aromatic carbocycles. The zero-order chi connectivity index (χ0) is 23.3. The topological polar surface area (TPSA) is 99.4 Å². The molecule has 2 aromatic rings. The molecule has 0 saturated carbocycles. The van der Waals surface area contributed by atoms with Crippen LogP contribution in [-0.4, -0.2) is 57.0 Å². The number of ether oxygens (including phenoxy) is 2. The first-order valence-electron chi connectivity index (χ1n) is 11.0. The fraction of sp³-hybridized carbons (Fsp3) is 0.520. The van der Waals surface area contributed by atoms with E-state index < -0.39 is 42.2 Å². The van der Waals surface area contributed by atoms with E-state index in [1.165, 1.54) is 5.56 Å². The molecule has 4 N–H and O–H groups in total. The molecule has 174 valence electrons. The summed E-state index contributed by atoms with van der Waals surface area (Å²) in [5, 5.41) is 42.3. The Kier molecular flexibility index (Phi) is 6.31. The van der Waals surface area contributed by atoms with E-state index in [4.69, 9.17) is 21.1 Å². The Hall–Kier alpha value is -1.67. The first-order chi connectivity index (χ1) is 15.1. The molecule has 5 atom stereocenters. The molecule has 1 unspecified atom stereocenters. The van der Waals surface area contributed by atoms with Gasteiger partial charge in [0.05, 0.1) is 6.61 Å². The van der Waals surface area contributed by atoms with E-state index in [0.29, 0.717) is 22.8 Å². The summed E-state index contributed by atoms with van der Waals surface area (Å²) < 4.78 is 12.3. The molecule has 0 amide bonds. The summed E-state index contributed by atoms with van der Waals surface area (Å²) in [6.45, 7) is 5.33. The lowest BCUT2D eigenvalue weighted by Crippen LogP contribution is -2.66. The highest BCUT2D eigenvalue weighted by molar-refractivity contribution is 6.31. The second-order valence-electron chi connectivity index (χ2n) is 9.48. The van der Waals surface area contributed by atoms with E-state index in [1.807, 2.05) is 19.9 Å². The van der Waals surface area contributed by atoms with Crippen molar-refractivity contribution in [2.45, 2.75) is 75.7 Å². The lowest BCUT2D eigenvalue weighted by molar-refractivity contribution is -0.294. The molecule has 32 heavy (non-hydrogen) atoms. The maximum absolute atomic E-state index is 11.1. The van der Waals surface area contributed by atoms with Crippen LogP contribution in [0.1, 0.15) is 49.4 Å². The summed E-state index contributed by atoms with van der Waals surface area (Å²) in [4.78, 5) is 0. The molecule has 1 saturated heterocycles. The highest BCUT2D eigenvalue weighted by Crippen LogP contribution is 2.52. The van der Waals surface area contributed by atoms with Gasteiger partial charge in [-0.25, -0.2) is 0 Å². The van der Waals surface area contributed by atoms with Gasteiger partial charge in [0.15, 0.2) is 0 Å². The number of benzene rings is 2. The highest BCUT2D eigenvalue weighted by atomic mass is 35.5. The third kappa shape index (κ3) is 4.04. The smallest absolute Gasteiger partial charge is 0.129 e. The third-order valence-corrected chi connectivity index (χ3v) is 6.93. The molecule has 0 radical (unpaired) electrons. The quantitative estimate of drug-likeness (QED) is 0.557. The summed E-state index contributed by atoms with van der Waals surface area (Å²) in [5.41, 5.74) is 1.61. The van der Waals surface area contributed by atoms with Crippen LogP contribution in [0.2, 0.25) is 5.02 Å². The largest absolute Gasteiger partial charge is 0.487 e. The van der Waals surface area contributed by atoms with Crippen molar-refractivity contribution >= 4 is 11.6 Å². The van der Waals surface area contributed by atoms with Crippen LogP contribution in [0.15, 0.2) is 36.4 Å². The normalized spacial score (nSPS) is 31.2. The standard InChI is InChI=1S/C25H31ClO6/c1-4-14-5-7-15(8-6-14)9-16-10-17-19(11-18(16)26)31-24(2,3)13-25(17)23(30)22(29)21(28)20(12-27)32-25/h5-8,10-11,20-23,27-30H,4,9,12-13H2,1-3H3/t20?,21-,22-,23+,25-/m0/s1. The molecule has 0 bridgehead atoms. The molecule has 6 nitrogen and oxygen atoms in total. The summed E-state index contributed by atoms with van der Waals surface area (Å²) >= 11 is 6.62. The van der Waals surface area contributed by atoms with Gasteiger partial charge < -0.3 is 29.9 Å². The third-order valence-electron chi connectivity index (χ3n) is 6.58. The number of aliphatic hydroxyl groups is 4. The minimum atomic E-state index is -1.48. The van der Waals surface area contributed by atoms with Crippen molar-refractivity contribution in [1.29, 1.82) is 0 Å². The minimum Gasteiger partial charge on any atom is -0.487 e. The number of hydrogen-bond donors (Lipinski definition) is 4. The van der Waals surface area contributed by atoms with Crippen molar-refractivity contribution in [2.24, 2.45) is 0 Å². The van der Waals surface area contributed by atoms with Gasteiger partial charge >= 0.3 is 0 Å². The SMILES string of the molecule is CCc1ccc(Cc2cc3c(cc2Cl)OC(C)(C)C[C@]32OC(CO)[C@H](O)[C@H](O)[C@H]2O)cc1. The van der Waals surface area contributed by atoms with Gasteiger partial charge in [-0.05, 0) is 55.5 Å². The van der Waals surface area contributed by atoms with E-state index in [-0.39, 0.29) is 6.42 Å². The first-order valence-corrected chi connectivity index (χ1v) is 11.4.